The van der Waals surface area contributed by atoms with E-state index in [2.05, 4.69) is 4.98 Å². The molecule has 0 bridgehead atoms. The minimum Gasteiger partial charge on any atom is -0.496 e. The van der Waals surface area contributed by atoms with Crippen LogP contribution in [0.5, 0.6) is 17.2 Å². The molecular formula is C20H22N2O4S. The highest BCUT2D eigenvalue weighted by Gasteiger charge is 2.25. The Kier molecular flexibility index (Phi) is 5.51. The highest BCUT2D eigenvalue weighted by Crippen LogP contribution is 2.36. The van der Waals surface area contributed by atoms with Crippen molar-refractivity contribution in [1.82, 2.24) is 9.88 Å². The molecule has 3 rings (SSSR count). The summed E-state index contributed by atoms with van der Waals surface area (Å²) in [5.41, 5.74) is 1.35. The monoisotopic (exact) mass is 386 g/mol. The number of benzene rings is 2. The third-order valence-corrected chi connectivity index (χ3v) is 5.71. The van der Waals surface area contributed by atoms with Gasteiger partial charge in [0.25, 0.3) is 5.91 Å². The van der Waals surface area contributed by atoms with E-state index >= 15 is 0 Å². The van der Waals surface area contributed by atoms with Crippen LogP contribution in [-0.2, 0) is 0 Å². The van der Waals surface area contributed by atoms with Crippen LogP contribution < -0.4 is 14.2 Å². The van der Waals surface area contributed by atoms with Gasteiger partial charge in [0.15, 0.2) is 11.5 Å². The van der Waals surface area contributed by atoms with E-state index in [4.69, 9.17) is 14.2 Å². The van der Waals surface area contributed by atoms with Crippen molar-refractivity contribution in [3.63, 3.8) is 0 Å². The van der Waals surface area contributed by atoms with Gasteiger partial charge in [-0.05, 0) is 19.1 Å². The maximum absolute atomic E-state index is 13.1. The van der Waals surface area contributed by atoms with E-state index in [0.717, 1.165) is 15.2 Å². The lowest BCUT2D eigenvalue weighted by atomic mass is 10.1. The fourth-order valence-corrected chi connectivity index (χ4v) is 3.86. The smallest absolute Gasteiger partial charge is 0.258 e. The maximum Gasteiger partial charge on any atom is 0.258 e. The van der Waals surface area contributed by atoms with Crippen LogP contribution in [0.4, 0.5) is 0 Å². The van der Waals surface area contributed by atoms with Crippen LogP contribution in [0.15, 0.2) is 36.4 Å². The number of carbonyl (C=O) groups is 1. The zero-order valence-electron chi connectivity index (χ0n) is 16.0. The number of thiazole rings is 1. The van der Waals surface area contributed by atoms with Crippen LogP contribution in [0, 0.1) is 0 Å². The first-order valence-corrected chi connectivity index (χ1v) is 9.24. The summed E-state index contributed by atoms with van der Waals surface area (Å²) in [4.78, 5) is 19.5. The number of nitrogens with zero attached hydrogens (tertiary/aromatic N) is 2. The second-order valence-corrected chi connectivity index (χ2v) is 7.08. The van der Waals surface area contributed by atoms with Crippen molar-refractivity contribution in [1.29, 1.82) is 0 Å². The molecule has 2 aromatic carbocycles. The molecular weight excluding hydrogens is 364 g/mol. The number of amides is 1. The quantitative estimate of drug-likeness (QED) is 0.637. The Labute approximate surface area is 162 Å². The van der Waals surface area contributed by atoms with Crippen LogP contribution in [0.25, 0.3) is 10.2 Å². The molecule has 1 heterocycles. The summed E-state index contributed by atoms with van der Waals surface area (Å²) in [6.07, 6.45) is 0. The van der Waals surface area contributed by atoms with E-state index in [1.807, 2.05) is 31.2 Å². The average molecular weight is 386 g/mol. The molecule has 0 fully saturated rings. The molecule has 1 amide bonds. The number of para-hydroxylation sites is 1. The van der Waals surface area contributed by atoms with Crippen LogP contribution in [0.2, 0.25) is 0 Å². The number of hydrogen-bond acceptors (Lipinski definition) is 6. The van der Waals surface area contributed by atoms with Gasteiger partial charge in [-0.2, -0.15) is 0 Å². The van der Waals surface area contributed by atoms with Crippen molar-refractivity contribution in [2.45, 2.75) is 13.0 Å². The number of carbonyl (C=O) groups excluding carboxylic acids is 1. The fourth-order valence-electron chi connectivity index (χ4n) is 2.80. The average Bonchev–Trinajstić information content (AvgIpc) is 3.15. The van der Waals surface area contributed by atoms with E-state index in [-0.39, 0.29) is 11.9 Å². The van der Waals surface area contributed by atoms with Crippen molar-refractivity contribution < 1.29 is 19.0 Å². The van der Waals surface area contributed by atoms with Gasteiger partial charge in [-0.15, -0.1) is 11.3 Å². The second-order valence-electron chi connectivity index (χ2n) is 6.02. The van der Waals surface area contributed by atoms with Crippen LogP contribution in [0.1, 0.15) is 28.3 Å². The largest absolute Gasteiger partial charge is 0.496 e. The fraction of sp³-hybridized carbons (Fsp3) is 0.300. The SMILES string of the molecule is COc1cc(OC)c(C(=O)N(C)[C@@H](C)c2nc3ccccc3s2)cc1OC. The van der Waals surface area contributed by atoms with E-state index in [1.165, 1.54) is 14.2 Å². The van der Waals surface area contributed by atoms with Gasteiger partial charge in [0, 0.05) is 19.2 Å². The number of fused-ring (bicyclic) bond motifs is 1. The summed E-state index contributed by atoms with van der Waals surface area (Å²) in [7, 11) is 6.36. The molecule has 3 aromatic rings. The Morgan fingerprint density at radius 2 is 1.67 bits per heavy atom. The second kappa shape index (κ2) is 7.84. The molecule has 6 nitrogen and oxygen atoms in total. The topological polar surface area (TPSA) is 60.9 Å². The first-order valence-electron chi connectivity index (χ1n) is 8.42. The minimum absolute atomic E-state index is 0.181. The molecule has 0 saturated heterocycles. The Morgan fingerprint density at radius 1 is 1.04 bits per heavy atom. The van der Waals surface area contributed by atoms with Gasteiger partial charge in [-0.3, -0.25) is 4.79 Å². The van der Waals surface area contributed by atoms with Crippen LogP contribution in [-0.4, -0.2) is 44.2 Å². The third kappa shape index (κ3) is 3.55. The van der Waals surface area contributed by atoms with Crippen molar-refractivity contribution >= 4 is 27.5 Å². The van der Waals surface area contributed by atoms with Gasteiger partial charge >= 0.3 is 0 Å². The van der Waals surface area contributed by atoms with E-state index in [1.54, 1.807) is 42.5 Å². The van der Waals surface area contributed by atoms with Crippen molar-refractivity contribution in [2.75, 3.05) is 28.4 Å². The number of ether oxygens (including phenoxy) is 3. The third-order valence-electron chi connectivity index (χ3n) is 4.51. The van der Waals surface area contributed by atoms with Crippen LogP contribution in [0.3, 0.4) is 0 Å². The van der Waals surface area contributed by atoms with Crippen molar-refractivity contribution in [2.24, 2.45) is 0 Å². The van der Waals surface area contributed by atoms with Gasteiger partial charge in [-0.25, -0.2) is 4.98 Å². The number of methoxy groups -OCH3 is 3. The predicted octanol–water partition coefficient (Wildman–Crippen LogP) is 4.16. The summed E-state index contributed by atoms with van der Waals surface area (Å²) in [5, 5.41) is 0.881. The number of aromatic nitrogens is 1. The molecule has 0 aliphatic rings. The van der Waals surface area contributed by atoms with E-state index in [0.29, 0.717) is 22.8 Å². The molecule has 27 heavy (non-hydrogen) atoms. The van der Waals surface area contributed by atoms with E-state index in [9.17, 15) is 4.79 Å². The molecule has 0 N–H and O–H groups in total. The summed E-state index contributed by atoms with van der Waals surface area (Å²) < 4.78 is 17.1. The Morgan fingerprint density at radius 3 is 2.30 bits per heavy atom. The number of rotatable bonds is 6. The highest BCUT2D eigenvalue weighted by molar-refractivity contribution is 7.18. The molecule has 0 spiro atoms. The zero-order valence-corrected chi connectivity index (χ0v) is 16.8. The Hall–Kier alpha value is -2.80. The van der Waals surface area contributed by atoms with Gasteiger partial charge in [0.1, 0.15) is 10.8 Å². The molecule has 1 aromatic heterocycles. The van der Waals surface area contributed by atoms with Gasteiger partial charge < -0.3 is 19.1 Å². The first-order chi connectivity index (χ1) is 13.0. The minimum atomic E-state index is -0.187. The normalized spacial score (nSPS) is 11.9. The molecule has 0 unspecified atom stereocenters. The van der Waals surface area contributed by atoms with Crippen molar-refractivity contribution in [3.05, 3.63) is 47.0 Å². The van der Waals surface area contributed by atoms with Gasteiger partial charge in [-0.1, -0.05) is 12.1 Å². The first kappa shape index (κ1) is 19.0. The lowest BCUT2D eigenvalue weighted by molar-refractivity contribution is 0.0738. The van der Waals surface area contributed by atoms with Crippen LogP contribution >= 0.6 is 11.3 Å². The standard InChI is InChI=1S/C20H22N2O4S/c1-12(19-21-14-8-6-7-9-18(14)27-19)22(2)20(23)13-10-16(25-4)17(26-5)11-15(13)24-3/h6-12H,1-5H3/t12-/m0/s1. The zero-order chi connectivity index (χ0) is 19.6. The van der Waals surface area contributed by atoms with Gasteiger partial charge in [0.05, 0.1) is 43.2 Å². The molecule has 7 heteroatoms. The lowest BCUT2D eigenvalue weighted by Gasteiger charge is -2.24. The molecule has 0 saturated carbocycles. The summed E-state index contributed by atoms with van der Waals surface area (Å²) >= 11 is 1.59. The van der Waals surface area contributed by atoms with Crippen molar-refractivity contribution in [3.8, 4) is 17.2 Å². The lowest BCUT2D eigenvalue weighted by Crippen LogP contribution is -2.30. The molecule has 0 aliphatic heterocycles. The maximum atomic E-state index is 13.1. The van der Waals surface area contributed by atoms with Gasteiger partial charge in [0.2, 0.25) is 0 Å². The summed E-state index contributed by atoms with van der Waals surface area (Å²) in [6, 6.07) is 11.1. The Bertz CT molecular complexity index is 937. The molecule has 1 atom stereocenters. The van der Waals surface area contributed by atoms with E-state index < -0.39 is 0 Å². The molecule has 0 radical (unpaired) electrons. The predicted molar refractivity (Wildman–Crippen MR) is 106 cm³/mol. The molecule has 0 aliphatic carbocycles. The Balaban J connectivity index is 1.94. The summed E-state index contributed by atoms with van der Waals surface area (Å²) in [5.74, 6) is 1.23. The summed E-state index contributed by atoms with van der Waals surface area (Å²) in [6.45, 7) is 1.96. The highest BCUT2D eigenvalue weighted by atomic mass is 32.1. The molecule has 142 valence electrons. The number of hydrogen-bond donors (Lipinski definition) is 0.